The summed E-state index contributed by atoms with van der Waals surface area (Å²) < 4.78 is 0. The van der Waals surface area contributed by atoms with Gasteiger partial charge in [-0.3, -0.25) is 9.59 Å². The van der Waals surface area contributed by atoms with E-state index in [1.54, 1.807) is 24.3 Å². The van der Waals surface area contributed by atoms with Crippen molar-refractivity contribution in [3.63, 3.8) is 0 Å². The van der Waals surface area contributed by atoms with Gasteiger partial charge >= 0.3 is 12.0 Å². The molecule has 3 amide bonds. The monoisotopic (exact) mass is 345 g/mol. The van der Waals surface area contributed by atoms with Gasteiger partial charge in [-0.2, -0.15) is 0 Å². The standard InChI is InChI=1S/C18H23N3O4/c22-16(11-4-5-11)19-14-2-1-3-15(10-14)21-18(25)20-13-8-6-12(7-9-13)17(23)24/h1-3,10-13H,4-9H2,(H,19,22)(H,23,24)(H2,20,21,25). The van der Waals surface area contributed by atoms with Crippen molar-refractivity contribution in [1.82, 2.24) is 5.32 Å². The van der Waals surface area contributed by atoms with E-state index in [4.69, 9.17) is 5.11 Å². The zero-order valence-electron chi connectivity index (χ0n) is 14.0. The van der Waals surface area contributed by atoms with Crippen LogP contribution in [0.25, 0.3) is 0 Å². The van der Waals surface area contributed by atoms with Crippen LogP contribution in [0.4, 0.5) is 16.2 Å². The predicted molar refractivity (Wildman–Crippen MR) is 93.3 cm³/mol. The number of hydrogen-bond acceptors (Lipinski definition) is 3. The van der Waals surface area contributed by atoms with Gasteiger partial charge in [0.15, 0.2) is 0 Å². The first-order valence-electron chi connectivity index (χ1n) is 8.72. The summed E-state index contributed by atoms with van der Waals surface area (Å²) in [7, 11) is 0. The first-order valence-corrected chi connectivity index (χ1v) is 8.72. The molecule has 134 valence electrons. The topological polar surface area (TPSA) is 108 Å². The highest BCUT2D eigenvalue weighted by molar-refractivity contribution is 5.95. The van der Waals surface area contributed by atoms with Crippen LogP contribution in [0.2, 0.25) is 0 Å². The number of aliphatic carboxylic acids is 1. The third-order valence-electron chi connectivity index (χ3n) is 4.75. The van der Waals surface area contributed by atoms with E-state index in [9.17, 15) is 14.4 Å². The van der Waals surface area contributed by atoms with Crippen molar-refractivity contribution in [3.8, 4) is 0 Å². The molecule has 25 heavy (non-hydrogen) atoms. The second-order valence-electron chi connectivity index (χ2n) is 6.83. The molecule has 0 atom stereocenters. The lowest BCUT2D eigenvalue weighted by Crippen LogP contribution is -2.40. The van der Waals surface area contributed by atoms with Gasteiger partial charge < -0.3 is 21.1 Å². The number of anilines is 2. The number of benzene rings is 1. The largest absolute Gasteiger partial charge is 0.481 e. The molecule has 0 aromatic heterocycles. The first kappa shape index (κ1) is 17.3. The molecule has 2 aliphatic carbocycles. The molecule has 0 heterocycles. The van der Waals surface area contributed by atoms with Gasteiger partial charge in [-0.1, -0.05) is 6.07 Å². The molecule has 0 aliphatic heterocycles. The van der Waals surface area contributed by atoms with Crippen LogP contribution in [0.5, 0.6) is 0 Å². The van der Waals surface area contributed by atoms with Gasteiger partial charge in [0, 0.05) is 23.3 Å². The Balaban J connectivity index is 1.47. The molecule has 0 bridgehead atoms. The number of nitrogens with one attached hydrogen (secondary N) is 3. The fourth-order valence-corrected chi connectivity index (χ4v) is 3.10. The highest BCUT2D eigenvalue weighted by Gasteiger charge is 2.29. The van der Waals surface area contributed by atoms with Crippen molar-refractivity contribution >= 4 is 29.3 Å². The Kier molecular flexibility index (Phi) is 5.21. The lowest BCUT2D eigenvalue weighted by atomic mass is 9.86. The Morgan fingerprint density at radius 1 is 0.880 bits per heavy atom. The second-order valence-corrected chi connectivity index (χ2v) is 6.83. The van der Waals surface area contributed by atoms with E-state index in [1.165, 1.54) is 0 Å². The molecule has 0 spiro atoms. The maximum Gasteiger partial charge on any atom is 0.319 e. The van der Waals surface area contributed by atoms with Crippen LogP contribution in [0.3, 0.4) is 0 Å². The van der Waals surface area contributed by atoms with Crippen LogP contribution in [0.1, 0.15) is 38.5 Å². The van der Waals surface area contributed by atoms with Crippen LogP contribution < -0.4 is 16.0 Å². The first-order chi connectivity index (χ1) is 12.0. The number of carboxylic acid groups (broad SMARTS) is 1. The van der Waals surface area contributed by atoms with Crippen molar-refractivity contribution in [3.05, 3.63) is 24.3 Å². The minimum atomic E-state index is -0.757. The van der Waals surface area contributed by atoms with Crippen molar-refractivity contribution in [2.75, 3.05) is 10.6 Å². The van der Waals surface area contributed by atoms with Gasteiger partial charge in [0.05, 0.1) is 5.92 Å². The summed E-state index contributed by atoms with van der Waals surface area (Å²) in [5.41, 5.74) is 1.27. The normalized spacial score (nSPS) is 22.7. The van der Waals surface area contributed by atoms with Gasteiger partial charge in [0.1, 0.15) is 0 Å². The predicted octanol–water partition coefficient (Wildman–Crippen LogP) is 2.80. The average molecular weight is 345 g/mol. The average Bonchev–Trinajstić information content (AvgIpc) is 3.40. The maximum atomic E-state index is 12.1. The molecule has 7 heteroatoms. The highest BCUT2D eigenvalue weighted by Crippen LogP contribution is 2.30. The second kappa shape index (κ2) is 7.55. The van der Waals surface area contributed by atoms with E-state index in [2.05, 4.69) is 16.0 Å². The molecule has 2 saturated carbocycles. The van der Waals surface area contributed by atoms with Crippen molar-refractivity contribution in [2.24, 2.45) is 11.8 Å². The summed E-state index contributed by atoms with van der Waals surface area (Å²) in [5, 5.41) is 17.5. The molecule has 4 N–H and O–H groups in total. The van der Waals surface area contributed by atoms with Gasteiger partial charge in [-0.25, -0.2) is 4.79 Å². The van der Waals surface area contributed by atoms with E-state index in [0.717, 1.165) is 12.8 Å². The Morgan fingerprint density at radius 2 is 1.48 bits per heavy atom. The van der Waals surface area contributed by atoms with Crippen molar-refractivity contribution < 1.29 is 19.5 Å². The molecule has 1 aromatic carbocycles. The lowest BCUT2D eigenvalue weighted by molar-refractivity contribution is -0.142. The summed E-state index contributed by atoms with van der Waals surface area (Å²) in [4.78, 5) is 34.9. The summed E-state index contributed by atoms with van der Waals surface area (Å²) in [6.07, 6.45) is 4.39. The van der Waals surface area contributed by atoms with E-state index in [0.29, 0.717) is 37.1 Å². The number of rotatable bonds is 5. The third-order valence-corrected chi connectivity index (χ3v) is 4.75. The van der Waals surface area contributed by atoms with Crippen LogP contribution in [-0.2, 0) is 9.59 Å². The minimum absolute atomic E-state index is 0.00616. The van der Waals surface area contributed by atoms with Gasteiger partial charge in [0.2, 0.25) is 5.91 Å². The van der Waals surface area contributed by atoms with Crippen LogP contribution in [0.15, 0.2) is 24.3 Å². The molecule has 3 rings (SSSR count). The van der Waals surface area contributed by atoms with Gasteiger partial charge in [0.25, 0.3) is 0 Å². The van der Waals surface area contributed by atoms with Gasteiger partial charge in [-0.05, 0) is 56.7 Å². The maximum absolute atomic E-state index is 12.1. The zero-order chi connectivity index (χ0) is 17.8. The number of carbonyl (C=O) groups is 3. The third kappa shape index (κ3) is 4.95. The molecule has 0 radical (unpaired) electrons. The summed E-state index contributed by atoms with van der Waals surface area (Å²) in [5.74, 6) is -0.904. The molecule has 0 unspecified atom stereocenters. The van der Waals surface area contributed by atoms with Crippen LogP contribution in [-0.4, -0.2) is 29.1 Å². The minimum Gasteiger partial charge on any atom is -0.481 e. The Bertz CT molecular complexity index is 664. The van der Waals surface area contributed by atoms with Crippen molar-refractivity contribution in [2.45, 2.75) is 44.6 Å². The SMILES string of the molecule is O=C(Nc1cccc(NC(=O)C2CC2)c1)NC1CCC(C(=O)O)CC1. The van der Waals surface area contributed by atoms with E-state index in [-0.39, 0.29) is 29.8 Å². The molecule has 2 fully saturated rings. The Morgan fingerprint density at radius 3 is 2.08 bits per heavy atom. The smallest absolute Gasteiger partial charge is 0.319 e. The molecular weight excluding hydrogens is 322 g/mol. The lowest BCUT2D eigenvalue weighted by Gasteiger charge is -2.26. The van der Waals surface area contributed by atoms with Crippen LogP contribution in [0, 0.1) is 11.8 Å². The van der Waals surface area contributed by atoms with Crippen molar-refractivity contribution in [1.29, 1.82) is 0 Å². The Labute approximate surface area is 146 Å². The number of urea groups is 1. The molecule has 0 saturated heterocycles. The number of carbonyl (C=O) groups excluding carboxylic acids is 2. The fourth-order valence-electron chi connectivity index (χ4n) is 3.10. The number of amides is 3. The summed E-state index contributed by atoms with van der Waals surface area (Å²) in [6, 6.07) is 6.72. The molecule has 1 aromatic rings. The summed E-state index contributed by atoms with van der Waals surface area (Å²) in [6.45, 7) is 0. The van der Waals surface area contributed by atoms with E-state index in [1.807, 2.05) is 0 Å². The quantitative estimate of drug-likeness (QED) is 0.658. The molecule has 7 nitrogen and oxygen atoms in total. The van der Waals surface area contributed by atoms with E-state index >= 15 is 0 Å². The summed E-state index contributed by atoms with van der Waals surface area (Å²) >= 11 is 0. The molecule has 2 aliphatic rings. The van der Waals surface area contributed by atoms with E-state index < -0.39 is 5.97 Å². The fraction of sp³-hybridized carbons (Fsp3) is 0.500. The Hall–Kier alpha value is -2.57. The number of hydrogen-bond donors (Lipinski definition) is 4. The van der Waals surface area contributed by atoms with Gasteiger partial charge in [-0.15, -0.1) is 0 Å². The number of carboxylic acids is 1. The zero-order valence-corrected chi connectivity index (χ0v) is 14.0. The highest BCUT2D eigenvalue weighted by atomic mass is 16.4. The van der Waals surface area contributed by atoms with Crippen LogP contribution >= 0.6 is 0 Å². The molecular formula is C18H23N3O4.